The number of nitrogens with one attached hydrogen (secondary N) is 1. The molecule has 1 aromatic carbocycles. The number of hydrogen-bond donors (Lipinski definition) is 1. The summed E-state index contributed by atoms with van der Waals surface area (Å²) in [6.07, 6.45) is 9.44. The third-order valence-corrected chi connectivity index (χ3v) is 3.95. The van der Waals surface area contributed by atoms with Gasteiger partial charge in [-0.2, -0.15) is 0 Å². The van der Waals surface area contributed by atoms with E-state index in [1.807, 2.05) is 13.8 Å². The van der Waals surface area contributed by atoms with E-state index in [-0.39, 0.29) is 6.73 Å². The Hall–Kier alpha value is -2.73. The normalized spacial score (nSPS) is 20.3. The summed E-state index contributed by atoms with van der Waals surface area (Å²) in [6.45, 7) is 5.36. The Morgan fingerprint density at radius 2 is 1.65 bits per heavy atom. The number of barbiturate groups is 1. The molecule has 6 nitrogen and oxygen atoms in total. The summed E-state index contributed by atoms with van der Waals surface area (Å²) in [5.74, 6) is -1.21. The lowest BCUT2D eigenvalue weighted by Gasteiger charge is -2.36. The van der Waals surface area contributed by atoms with E-state index in [1.54, 1.807) is 30.3 Å². The molecular formula is C20H26N2O4. The highest BCUT2D eigenvalue weighted by molar-refractivity contribution is 6.22. The van der Waals surface area contributed by atoms with Crippen LogP contribution in [0, 0.1) is 0 Å². The fourth-order valence-electron chi connectivity index (χ4n) is 2.37. The van der Waals surface area contributed by atoms with Crippen molar-refractivity contribution < 1.29 is 19.1 Å². The van der Waals surface area contributed by atoms with Crippen molar-refractivity contribution in [2.75, 3.05) is 13.8 Å². The van der Waals surface area contributed by atoms with Gasteiger partial charge in [0, 0.05) is 7.11 Å². The van der Waals surface area contributed by atoms with Gasteiger partial charge in [0.1, 0.15) is 6.73 Å². The second-order valence-electron chi connectivity index (χ2n) is 5.78. The molecule has 1 heterocycles. The molecule has 1 aliphatic rings. The van der Waals surface area contributed by atoms with Crippen molar-refractivity contribution in [3.8, 4) is 0 Å². The maximum atomic E-state index is 12.4. The second-order valence-corrected chi connectivity index (χ2v) is 5.78. The van der Waals surface area contributed by atoms with Crippen LogP contribution < -0.4 is 5.32 Å². The van der Waals surface area contributed by atoms with Crippen LogP contribution in [0.3, 0.4) is 0 Å². The van der Waals surface area contributed by atoms with Gasteiger partial charge in [-0.3, -0.25) is 14.9 Å². The average Bonchev–Trinajstić information content (AvgIpc) is 2.65. The topological polar surface area (TPSA) is 75.7 Å². The first kappa shape index (κ1) is 21.3. The number of allylic oxidation sites excluding steroid dienone is 4. The van der Waals surface area contributed by atoms with Crippen molar-refractivity contribution in [3.05, 3.63) is 60.2 Å². The van der Waals surface area contributed by atoms with E-state index in [2.05, 4.69) is 29.6 Å². The number of carbonyl (C=O) groups is 3. The summed E-state index contributed by atoms with van der Waals surface area (Å²) in [5.41, 5.74) is -0.889. The Labute approximate surface area is 154 Å². The van der Waals surface area contributed by atoms with Crippen LogP contribution in [0.15, 0.2) is 54.6 Å². The van der Waals surface area contributed by atoms with Crippen LogP contribution in [0.1, 0.15) is 32.8 Å². The highest BCUT2D eigenvalue weighted by Gasteiger charge is 2.51. The lowest BCUT2D eigenvalue weighted by Crippen LogP contribution is -2.65. The van der Waals surface area contributed by atoms with Crippen molar-refractivity contribution >= 4 is 17.8 Å². The molecule has 0 radical (unpaired) electrons. The lowest BCUT2D eigenvalue weighted by molar-refractivity contribution is -0.147. The molecule has 0 spiro atoms. The van der Waals surface area contributed by atoms with Gasteiger partial charge in [0.25, 0.3) is 5.91 Å². The molecule has 1 fully saturated rings. The van der Waals surface area contributed by atoms with E-state index in [9.17, 15) is 14.4 Å². The molecule has 26 heavy (non-hydrogen) atoms. The van der Waals surface area contributed by atoms with Gasteiger partial charge < -0.3 is 4.74 Å². The van der Waals surface area contributed by atoms with Gasteiger partial charge >= 0.3 is 6.03 Å². The van der Waals surface area contributed by atoms with Crippen LogP contribution in [-0.4, -0.2) is 36.6 Å². The third kappa shape index (κ3) is 4.89. The van der Waals surface area contributed by atoms with Gasteiger partial charge in [-0.15, -0.1) is 0 Å². The molecular weight excluding hydrogens is 332 g/mol. The van der Waals surface area contributed by atoms with Gasteiger partial charge in [-0.1, -0.05) is 54.6 Å². The number of methoxy groups -OCH3 is 1. The molecule has 0 bridgehead atoms. The Balaban J connectivity index is 0.000000412. The van der Waals surface area contributed by atoms with Crippen molar-refractivity contribution in [2.45, 2.75) is 32.6 Å². The summed E-state index contributed by atoms with van der Waals surface area (Å²) in [5, 5.41) is 2.18. The first-order chi connectivity index (χ1) is 12.4. The van der Waals surface area contributed by atoms with Crippen LogP contribution in [0.5, 0.6) is 0 Å². The molecule has 1 atom stereocenters. The lowest BCUT2D eigenvalue weighted by atomic mass is 9.79. The highest BCUT2D eigenvalue weighted by atomic mass is 16.5. The van der Waals surface area contributed by atoms with Crippen LogP contribution >= 0.6 is 0 Å². The Morgan fingerprint density at radius 1 is 1.08 bits per heavy atom. The van der Waals surface area contributed by atoms with Gasteiger partial charge in [0.2, 0.25) is 5.91 Å². The quantitative estimate of drug-likeness (QED) is 0.648. The zero-order valence-corrected chi connectivity index (χ0v) is 15.7. The summed E-state index contributed by atoms with van der Waals surface area (Å²) < 4.78 is 4.82. The zero-order valence-electron chi connectivity index (χ0n) is 15.7. The monoisotopic (exact) mass is 358 g/mol. The molecule has 2 rings (SSSR count). The molecule has 4 amide bonds. The van der Waals surface area contributed by atoms with Crippen molar-refractivity contribution in [3.63, 3.8) is 0 Å². The first-order valence-corrected chi connectivity index (χ1v) is 8.37. The maximum Gasteiger partial charge on any atom is 0.332 e. The zero-order chi connectivity index (χ0) is 19.6. The van der Waals surface area contributed by atoms with E-state index in [1.165, 1.54) is 14.0 Å². The molecule has 1 N–H and O–H groups in total. The number of benzene rings is 1. The largest absolute Gasteiger partial charge is 0.364 e. The van der Waals surface area contributed by atoms with Crippen LogP contribution in [0.4, 0.5) is 4.79 Å². The minimum absolute atomic E-state index is 0.194. The minimum Gasteiger partial charge on any atom is -0.364 e. The highest BCUT2D eigenvalue weighted by Crippen LogP contribution is 2.29. The van der Waals surface area contributed by atoms with Crippen molar-refractivity contribution in [1.82, 2.24) is 10.2 Å². The smallest absolute Gasteiger partial charge is 0.332 e. The van der Waals surface area contributed by atoms with Gasteiger partial charge in [-0.05, 0) is 32.8 Å². The predicted octanol–water partition coefficient (Wildman–Crippen LogP) is 3.16. The molecule has 0 aliphatic carbocycles. The van der Waals surface area contributed by atoms with Crippen LogP contribution in [0.2, 0.25) is 0 Å². The van der Waals surface area contributed by atoms with Crippen molar-refractivity contribution in [2.24, 2.45) is 0 Å². The van der Waals surface area contributed by atoms with Gasteiger partial charge in [-0.25, -0.2) is 9.69 Å². The Bertz CT molecular complexity index is 672. The second kappa shape index (κ2) is 10.3. The van der Waals surface area contributed by atoms with Crippen LogP contribution in [-0.2, 0) is 19.7 Å². The average molecular weight is 358 g/mol. The van der Waals surface area contributed by atoms with Gasteiger partial charge in [0.15, 0.2) is 5.41 Å². The van der Waals surface area contributed by atoms with E-state index in [0.717, 1.165) is 11.3 Å². The molecule has 1 aromatic rings. The third-order valence-electron chi connectivity index (χ3n) is 3.95. The molecule has 1 unspecified atom stereocenters. The molecule has 140 valence electrons. The van der Waals surface area contributed by atoms with Gasteiger partial charge in [0.05, 0.1) is 0 Å². The SMILES string of the molecule is C/C=C\C/C=C\C.COCN1C(=O)NC(=O)C(C)(c2ccccc2)C1=O. The van der Waals surface area contributed by atoms with E-state index in [4.69, 9.17) is 4.74 Å². The predicted molar refractivity (Wildman–Crippen MR) is 100 cm³/mol. The number of carbonyl (C=O) groups excluding carboxylic acids is 3. The summed E-state index contributed by atoms with van der Waals surface area (Å²) in [7, 11) is 1.37. The first-order valence-electron chi connectivity index (χ1n) is 8.37. The van der Waals surface area contributed by atoms with E-state index >= 15 is 0 Å². The van der Waals surface area contributed by atoms with Crippen LogP contribution in [0.25, 0.3) is 0 Å². The van der Waals surface area contributed by atoms with E-state index in [0.29, 0.717) is 5.56 Å². The standard InChI is InChI=1S/C13H14N2O4.C7H12/c1-13(9-6-4-3-5-7-9)10(16)14-12(18)15(8-19-2)11(13)17;1-3-5-7-6-4-2/h3-7H,8H2,1-2H3,(H,14,16,18);3-6H,7H2,1-2H3/b;5-3-,6-4-. The fraction of sp³-hybridized carbons (Fsp3) is 0.350. The Morgan fingerprint density at radius 3 is 2.15 bits per heavy atom. The fourth-order valence-corrected chi connectivity index (χ4v) is 2.37. The number of ether oxygens (including phenoxy) is 1. The Kier molecular flexibility index (Phi) is 8.45. The van der Waals surface area contributed by atoms with Crippen molar-refractivity contribution in [1.29, 1.82) is 0 Å². The molecule has 1 saturated heterocycles. The molecule has 0 saturated carbocycles. The maximum absolute atomic E-state index is 12.4. The summed E-state index contributed by atoms with van der Waals surface area (Å²) in [4.78, 5) is 37.0. The number of amides is 4. The molecule has 6 heteroatoms. The number of rotatable bonds is 5. The number of urea groups is 1. The van der Waals surface area contributed by atoms with E-state index < -0.39 is 23.3 Å². The molecule has 0 aromatic heterocycles. The minimum atomic E-state index is -1.42. The summed E-state index contributed by atoms with van der Waals surface area (Å²) in [6, 6.07) is 7.86. The number of hydrogen-bond acceptors (Lipinski definition) is 4. The number of imide groups is 2. The number of nitrogens with zero attached hydrogens (tertiary/aromatic N) is 1. The molecule has 1 aliphatic heterocycles. The summed E-state index contributed by atoms with van der Waals surface area (Å²) >= 11 is 0.